The smallest absolute Gasteiger partial charge is 0.323 e. The largest absolute Gasteiger partial charge is 0.485 e. The average molecular weight is 242 g/mol. The molecule has 0 amide bonds. The molecule has 0 N–H and O–H groups in total. The zero-order valence-electron chi connectivity index (χ0n) is 10.4. The lowest BCUT2D eigenvalue weighted by molar-refractivity contribution is -0.157. The Morgan fingerprint density at radius 2 is 2.29 bits per heavy atom. The molecule has 96 valence electrons. The Morgan fingerprint density at radius 1 is 1.59 bits per heavy atom. The molecule has 0 aromatic carbocycles. The van der Waals surface area contributed by atoms with E-state index in [2.05, 4.69) is 0 Å². The first-order chi connectivity index (χ1) is 8.06. The summed E-state index contributed by atoms with van der Waals surface area (Å²) in [6.07, 6.45) is 0.359. The maximum absolute atomic E-state index is 12.0. The van der Waals surface area contributed by atoms with E-state index >= 15 is 0 Å². The van der Waals surface area contributed by atoms with Gasteiger partial charge in [0.25, 0.3) is 0 Å². The summed E-state index contributed by atoms with van der Waals surface area (Å²) in [6, 6.07) is 0. The van der Waals surface area contributed by atoms with E-state index in [0.717, 1.165) is 0 Å². The minimum Gasteiger partial charge on any atom is -0.485 e. The average Bonchev–Trinajstić information content (AvgIpc) is 2.70. The summed E-state index contributed by atoms with van der Waals surface area (Å²) in [5, 5.41) is 0. The van der Waals surface area contributed by atoms with Gasteiger partial charge in [0.1, 0.15) is 0 Å². The van der Waals surface area contributed by atoms with E-state index in [1.54, 1.807) is 12.9 Å². The van der Waals surface area contributed by atoms with Crippen LogP contribution in [0.4, 0.5) is 0 Å². The van der Waals surface area contributed by atoms with Crippen LogP contribution in [0.5, 0.6) is 0 Å². The maximum atomic E-state index is 12.0. The Hall–Kier alpha value is -1.32. The molecular weight excluding hydrogens is 224 g/mol. The monoisotopic (exact) mass is 242 g/mol. The minimum absolute atomic E-state index is 0.00315. The van der Waals surface area contributed by atoms with Gasteiger partial charge in [0.2, 0.25) is 0 Å². The van der Waals surface area contributed by atoms with E-state index in [1.165, 1.54) is 0 Å². The molecule has 17 heavy (non-hydrogen) atoms. The first-order valence-electron chi connectivity index (χ1n) is 5.74. The summed E-state index contributed by atoms with van der Waals surface area (Å²) in [7, 11) is 0. The van der Waals surface area contributed by atoms with Gasteiger partial charge in [0.05, 0.1) is 25.9 Å². The van der Waals surface area contributed by atoms with Gasteiger partial charge in [-0.2, -0.15) is 0 Å². The highest BCUT2D eigenvalue weighted by Gasteiger charge is 2.50. The quantitative estimate of drug-likeness (QED) is 0.533. The highest BCUT2D eigenvalue weighted by molar-refractivity contribution is 5.83. The van der Waals surface area contributed by atoms with Crippen LogP contribution in [0.3, 0.4) is 0 Å². The Bertz CT molecular complexity index is 330. The second kappa shape index (κ2) is 5.84. The third-order valence-corrected chi connectivity index (χ3v) is 2.63. The Kier molecular flexibility index (Phi) is 4.73. The number of rotatable bonds is 5. The van der Waals surface area contributed by atoms with Crippen molar-refractivity contribution in [3.8, 4) is 0 Å². The SMILES string of the molecule is CCOC(=O)C1(COC(C)C)CCOC1=C=O. The van der Waals surface area contributed by atoms with E-state index in [0.29, 0.717) is 13.0 Å². The van der Waals surface area contributed by atoms with Crippen molar-refractivity contribution in [2.24, 2.45) is 5.41 Å². The lowest BCUT2D eigenvalue weighted by Crippen LogP contribution is -2.38. The summed E-state index contributed by atoms with van der Waals surface area (Å²) < 4.78 is 15.6. The molecule has 0 saturated carbocycles. The normalized spacial score (nSPS) is 23.4. The summed E-state index contributed by atoms with van der Waals surface area (Å²) in [4.78, 5) is 22.8. The predicted octanol–water partition coefficient (Wildman–Crippen LogP) is 1.10. The Balaban J connectivity index is 2.91. The molecule has 0 aromatic heterocycles. The molecule has 1 rings (SSSR count). The third-order valence-electron chi connectivity index (χ3n) is 2.63. The summed E-state index contributed by atoms with van der Waals surface area (Å²) in [5.74, 6) is 1.20. The van der Waals surface area contributed by atoms with Gasteiger partial charge in [-0.25, -0.2) is 4.79 Å². The molecule has 0 aromatic rings. The fourth-order valence-corrected chi connectivity index (χ4v) is 1.68. The van der Waals surface area contributed by atoms with E-state index < -0.39 is 11.4 Å². The number of carbonyl (C=O) groups is 1. The van der Waals surface area contributed by atoms with Crippen LogP contribution in [-0.4, -0.2) is 37.8 Å². The first kappa shape index (κ1) is 13.7. The second-order valence-electron chi connectivity index (χ2n) is 4.19. The number of hydrogen-bond acceptors (Lipinski definition) is 5. The Morgan fingerprint density at radius 3 is 2.82 bits per heavy atom. The molecule has 1 aliphatic rings. The standard InChI is InChI=1S/C12H18O5/c1-4-15-11(14)12(8-17-9(2)3)5-6-16-10(12)7-13/h9H,4-6,8H2,1-3H3. The van der Waals surface area contributed by atoms with Crippen LogP contribution in [0.15, 0.2) is 5.76 Å². The van der Waals surface area contributed by atoms with Gasteiger partial charge in [-0.1, -0.05) is 0 Å². The van der Waals surface area contributed by atoms with Crippen molar-refractivity contribution in [3.63, 3.8) is 0 Å². The summed E-state index contributed by atoms with van der Waals surface area (Å²) in [6.45, 7) is 6.10. The lowest BCUT2D eigenvalue weighted by Gasteiger charge is -2.24. The van der Waals surface area contributed by atoms with Gasteiger partial charge in [-0.05, 0) is 20.8 Å². The molecular formula is C12H18O5. The van der Waals surface area contributed by atoms with E-state index in [4.69, 9.17) is 14.2 Å². The minimum atomic E-state index is -1.11. The van der Waals surface area contributed by atoms with Gasteiger partial charge in [-0.3, -0.25) is 4.79 Å². The van der Waals surface area contributed by atoms with E-state index in [1.807, 2.05) is 13.8 Å². The first-order valence-corrected chi connectivity index (χ1v) is 5.74. The Labute approximate surface area is 101 Å². The van der Waals surface area contributed by atoms with Crippen LogP contribution in [0, 0.1) is 5.41 Å². The van der Waals surface area contributed by atoms with Crippen molar-refractivity contribution in [2.45, 2.75) is 33.3 Å². The number of esters is 1. The molecule has 0 spiro atoms. The molecule has 1 heterocycles. The van der Waals surface area contributed by atoms with Crippen molar-refractivity contribution in [2.75, 3.05) is 19.8 Å². The van der Waals surface area contributed by atoms with Crippen molar-refractivity contribution < 1.29 is 23.8 Å². The van der Waals surface area contributed by atoms with Gasteiger partial charge in [-0.15, -0.1) is 0 Å². The fraction of sp³-hybridized carbons (Fsp3) is 0.750. The molecule has 1 aliphatic heterocycles. The predicted molar refractivity (Wildman–Crippen MR) is 59.9 cm³/mol. The van der Waals surface area contributed by atoms with Crippen LogP contribution in [0.25, 0.3) is 0 Å². The van der Waals surface area contributed by atoms with Gasteiger partial charge < -0.3 is 14.2 Å². The summed E-state index contributed by atoms with van der Waals surface area (Å²) >= 11 is 0. The molecule has 0 radical (unpaired) electrons. The molecule has 1 fully saturated rings. The van der Waals surface area contributed by atoms with Crippen molar-refractivity contribution in [1.29, 1.82) is 0 Å². The van der Waals surface area contributed by atoms with Crippen LogP contribution in [-0.2, 0) is 23.8 Å². The maximum Gasteiger partial charge on any atom is 0.323 e. The van der Waals surface area contributed by atoms with Crippen LogP contribution in [0.2, 0.25) is 0 Å². The molecule has 1 saturated heterocycles. The zero-order chi connectivity index (χ0) is 12.9. The fourth-order valence-electron chi connectivity index (χ4n) is 1.68. The van der Waals surface area contributed by atoms with Crippen LogP contribution in [0.1, 0.15) is 27.2 Å². The molecule has 1 atom stereocenters. The molecule has 5 nitrogen and oxygen atoms in total. The number of ether oxygens (including phenoxy) is 3. The second-order valence-corrected chi connectivity index (χ2v) is 4.19. The molecule has 0 aliphatic carbocycles. The number of carbonyl (C=O) groups excluding carboxylic acids is 2. The van der Waals surface area contributed by atoms with Crippen molar-refractivity contribution in [1.82, 2.24) is 0 Å². The van der Waals surface area contributed by atoms with Crippen molar-refractivity contribution in [3.05, 3.63) is 5.76 Å². The lowest BCUT2D eigenvalue weighted by atomic mass is 9.85. The molecule has 0 bridgehead atoms. The number of hydrogen-bond donors (Lipinski definition) is 0. The van der Waals surface area contributed by atoms with Crippen LogP contribution < -0.4 is 0 Å². The van der Waals surface area contributed by atoms with Gasteiger partial charge >= 0.3 is 5.97 Å². The highest BCUT2D eigenvalue weighted by atomic mass is 16.5. The third kappa shape index (κ3) is 2.87. The molecule has 5 heteroatoms. The highest BCUT2D eigenvalue weighted by Crippen LogP contribution is 2.38. The topological polar surface area (TPSA) is 61.8 Å². The van der Waals surface area contributed by atoms with Crippen molar-refractivity contribution >= 4 is 11.9 Å². The molecule has 1 unspecified atom stereocenters. The van der Waals surface area contributed by atoms with Crippen LogP contribution >= 0.6 is 0 Å². The van der Waals surface area contributed by atoms with E-state index in [9.17, 15) is 9.59 Å². The summed E-state index contributed by atoms with van der Waals surface area (Å²) in [5.41, 5.74) is -1.11. The van der Waals surface area contributed by atoms with Gasteiger partial charge in [0.15, 0.2) is 17.1 Å². The van der Waals surface area contributed by atoms with E-state index in [-0.39, 0.29) is 25.1 Å². The zero-order valence-corrected chi connectivity index (χ0v) is 10.4. The van der Waals surface area contributed by atoms with Gasteiger partial charge in [0, 0.05) is 6.42 Å².